The maximum Gasteiger partial charge on any atom is 0.483 e. The summed E-state index contributed by atoms with van der Waals surface area (Å²) in [5, 5.41) is 29.5. The molecule has 0 aromatic carbocycles. The molecule has 17 nitrogen and oxygen atoms in total. The van der Waals surface area contributed by atoms with Gasteiger partial charge in [0.15, 0.2) is 12.1 Å². The number of nitrogens with one attached hydrogen (secondary N) is 1. The molecule has 19 heteroatoms. The lowest BCUT2D eigenvalue weighted by Gasteiger charge is -2.34. The van der Waals surface area contributed by atoms with Crippen molar-refractivity contribution in [1.29, 1.82) is 0 Å². The second-order valence-electron chi connectivity index (χ2n) is 7.82. The summed E-state index contributed by atoms with van der Waals surface area (Å²) in [6, 6.07) is 0. The van der Waals surface area contributed by atoms with Gasteiger partial charge in [-0.3, -0.25) is 28.2 Å². The van der Waals surface area contributed by atoms with Crippen LogP contribution in [0.15, 0.2) is 15.8 Å². The Hall–Kier alpha value is -1.59. The van der Waals surface area contributed by atoms with Gasteiger partial charge < -0.3 is 34.6 Å². The lowest BCUT2D eigenvalue weighted by Crippen LogP contribution is -2.54. The van der Waals surface area contributed by atoms with E-state index in [9.17, 15) is 48.6 Å². The summed E-state index contributed by atoms with van der Waals surface area (Å²) >= 11 is 0. The van der Waals surface area contributed by atoms with E-state index in [2.05, 4.69) is 18.3 Å². The first-order valence-corrected chi connectivity index (χ1v) is 13.0. The first-order valence-electron chi connectivity index (χ1n) is 10.0. The van der Waals surface area contributed by atoms with E-state index in [-0.39, 0.29) is 12.0 Å². The minimum atomic E-state index is -5.47. The van der Waals surface area contributed by atoms with Crippen molar-refractivity contribution < 1.29 is 61.9 Å². The van der Waals surface area contributed by atoms with Crippen LogP contribution < -0.4 is 11.2 Å². The quantitative estimate of drug-likeness (QED) is 0.189. The van der Waals surface area contributed by atoms with Crippen molar-refractivity contribution >= 4 is 21.4 Å². The Morgan fingerprint density at radius 1 is 1.14 bits per heavy atom. The highest BCUT2D eigenvalue weighted by atomic mass is 31.3. The molecule has 35 heavy (non-hydrogen) atoms. The van der Waals surface area contributed by atoms with Crippen molar-refractivity contribution in [1.82, 2.24) is 9.55 Å². The molecule has 2 aliphatic rings. The number of aromatic nitrogens is 2. The van der Waals surface area contributed by atoms with Crippen molar-refractivity contribution in [2.45, 2.75) is 63.3 Å². The average molecular weight is 546 g/mol. The fourth-order valence-corrected chi connectivity index (χ4v) is 5.46. The van der Waals surface area contributed by atoms with E-state index in [4.69, 9.17) is 9.47 Å². The number of H-pyrrole nitrogens is 1. The van der Waals surface area contributed by atoms with Gasteiger partial charge in [0.2, 0.25) is 0 Å². The maximum absolute atomic E-state index is 12.1. The van der Waals surface area contributed by atoms with Crippen molar-refractivity contribution in [3.63, 3.8) is 0 Å². The molecule has 3 heterocycles. The number of aryl methyl sites for hydroxylation is 1. The number of carbonyl (C=O) groups is 1. The summed E-state index contributed by atoms with van der Waals surface area (Å²) < 4.78 is 48.7. The molecule has 2 aliphatic heterocycles. The predicted molar refractivity (Wildman–Crippen MR) is 110 cm³/mol. The molecule has 9 unspecified atom stereocenters. The van der Waals surface area contributed by atoms with Gasteiger partial charge >= 0.3 is 21.3 Å². The number of aliphatic hydroxyl groups excluding tert-OH is 3. The molecule has 2 saturated heterocycles. The SMILES string of the molecule is Cc1cn(C2CC(O)C(COP(=O)(O)OP(=O)(O)OC3OC(C)C(=O)C(O)C3O)O2)c(=O)[nH]c1=O. The summed E-state index contributed by atoms with van der Waals surface area (Å²) in [6.45, 7) is 1.76. The standard InChI is InChI=1S/C16H24N2O15P2/c1-6-4-18(16(24)17-14(6)23)10-3-8(19)9(31-10)5-29-34(25,26)33-35(27,28)32-15-13(22)12(21)11(20)7(2)30-15/h4,7-10,12-13,15,19,21-22H,3,5H2,1-2H3,(H,25,26)(H,27,28)(H,17,23,24). The first-order chi connectivity index (χ1) is 16.1. The van der Waals surface area contributed by atoms with Gasteiger partial charge in [-0.15, -0.1) is 0 Å². The number of aromatic amines is 1. The van der Waals surface area contributed by atoms with Crippen LogP contribution in [0.3, 0.4) is 0 Å². The van der Waals surface area contributed by atoms with E-state index in [1.165, 1.54) is 20.0 Å². The number of phosphoric acid groups is 2. The van der Waals surface area contributed by atoms with Crippen LogP contribution in [-0.4, -0.2) is 83.9 Å². The van der Waals surface area contributed by atoms with Crippen LogP contribution in [0.2, 0.25) is 0 Å². The average Bonchev–Trinajstić information content (AvgIpc) is 3.11. The molecular weight excluding hydrogens is 522 g/mol. The minimum absolute atomic E-state index is 0.159. The molecule has 2 fully saturated rings. The molecule has 9 atom stereocenters. The maximum atomic E-state index is 12.1. The highest BCUT2D eigenvalue weighted by Crippen LogP contribution is 2.61. The lowest BCUT2D eigenvalue weighted by molar-refractivity contribution is -0.226. The molecule has 0 radical (unpaired) electrons. The van der Waals surface area contributed by atoms with Crippen LogP contribution in [0.1, 0.15) is 25.1 Å². The van der Waals surface area contributed by atoms with Crippen LogP contribution in [-0.2, 0) is 36.8 Å². The van der Waals surface area contributed by atoms with Gasteiger partial charge in [-0.2, -0.15) is 4.31 Å². The summed E-state index contributed by atoms with van der Waals surface area (Å²) in [6.07, 6.45) is -10.1. The Labute approximate surface area is 196 Å². The Kier molecular flexibility index (Phi) is 8.33. The number of Topliss-reactive ketones (excluding diaryl/α,β-unsaturated/α-hetero) is 1. The first kappa shape index (κ1) is 28.0. The summed E-state index contributed by atoms with van der Waals surface area (Å²) in [7, 11) is -10.8. The highest BCUT2D eigenvalue weighted by Gasteiger charge is 2.47. The number of carbonyl (C=O) groups excluding carboxylic acids is 1. The van der Waals surface area contributed by atoms with E-state index in [1.807, 2.05) is 0 Å². The van der Waals surface area contributed by atoms with E-state index >= 15 is 0 Å². The number of ether oxygens (including phenoxy) is 2. The number of phosphoric ester groups is 2. The number of rotatable bonds is 8. The van der Waals surface area contributed by atoms with Crippen LogP contribution in [0.4, 0.5) is 0 Å². The van der Waals surface area contributed by atoms with Crippen LogP contribution in [0.25, 0.3) is 0 Å². The number of nitrogens with zero attached hydrogens (tertiary/aromatic N) is 1. The summed E-state index contributed by atoms with van der Waals surface area (Å²) in [5.41, 5.74) is -1.24. The number of hydrogen-bond donors (Lipinski definition) is 6. The minimum Gasteiger partial charge on any atom is -0.390 e. The third kappa shape index (κ3) is 6.60. The molecule has 0 spiro atoms. The smallest absolute Gasteiger partial charge is 0.390 e. The van der Waals surface area contributed by atoms with E-state index in [1.54, 1.807) is 0 Å². The molecule has 0 bridgehead atoms. The van der Waals surface area contributed by atoms with Gasteiger partial charge in [0.1, 0.15) is 30.6 Å². The zero-order valence-corrected chi connectivity index (χ0v) is 20.0. The van der Waals surface area contributed by atoms with Gasteiger partial charge in [-0.05, 0) is 13.8 Å². The molecule has 198 valence electrons. The van der Waals surface area contributed by atoms with Gasteiger partial charge in [-0.1, -0.05) is 0 Å². The van der Waals surface area contributed by atoms with E-state index < -0.39 is 82.3 Å². The van der Waals surface area contributed by atoms with Crippen LogP contribution >= 0.6 is 15.6 Å². The Morgan fingerprint density at radius 2 is 1.80 bits per heavy atom. The predicted octanol–water partition coefficient (Wildman–Crippen LogP) is -2.22. The van der Waals surface area contributed by atoms with Crippen molar-refractivity contribution in [3.8, 4) is 0 Å². The van der Waals surface area contributed by atoms with Crippen molar-refractivity contribution in [3.05, 3.63) is 32.6 Å². The van der Waals surface area contributed by atoms with Gasteiger partial charge in [-0.25, -0.2) is 13.9 Å². The Morgan fingerprint density at radius 3 is 2.46 bits per heavy atom. The normalized spacial score (nSPS) is 34.9. The molecule has 1 aromatic heterocycles. The largest absolute Gasteiger partial charge is 0.483 e. The van der Waals surface area contributed by atoms with Crippen molar-refractivity contribution in [2.24, 2.45) is 0 Å². The van der Waals surface area contributed by atoms with E-state index in [0.29, 0.717) is 0 Å². The molecule has 1 aromatic rings. The Balaban J connectivity index is 1.59. The summed E-state index contributed by atoms with van der Waals surface area (Å²) in [5.74, 6) is -0.921. The van der Waals surface area contributed by atoms with Gasteiger partial charge in [0.05, 0.1) is 12.7 Å². The molecule has 0 aliphatic carbocycles. The monoisotopic (exact) mass is 546 g/mol. The third-order valence-electron chi connectivity index (χ3n) is 5.14. The Bertz CT molecular complexity index is 1170. The highest BCUT2D eigenvalue weighted by molar-refractivity contribution is 7.61. The molecule has 0 amide bonds. The van der Waals surface area contributed by atoms with E-state index in [0.717, 1.165) is 4.57 Å². The fourth-order valence-electron chi connectivity index (χ4n) is 3.30. The number of hydrogen-bond acceptors (Lipinski definition) is 13. The fraction of sp³-hybridized carbons (Fsp3) is 0.688. The zero-order valence-electron chi connectivity index (χ0n) is 18.2. The number of aliphatic hydroxyl groups is 3. The molecular formula is C16H24N2O15P2. The molecule has 6 N–H and O–H groups in total. The molecule has 0 saturated carbocycles. The van der Waals surface area contributed by atoms with Gasteiger partial charge in [0, 0.05) is 18.2 Å². The summed E-state index contributed by atoms with van der Waals surface area (Å²) in [4.78, 5) is 56.7. The number of ketones is 1. The second kappa shape index (κ2) is 10.4. The molecule has 3 rings (SSSR count). The second-order valence-corrected chi connectivity index (χ2v) is 10.8. The lowest BCUT2D eigenvalue weighted by atomic mass is 10.0. The van der Waals surface area contributed by atoms with Gasteiger partial charge in [0.25, 0.3) is 5.56 Å². The zero-order chi connectivity index (χ0) is 26.3. The van der Waals surface area contributed by atoms with Crippen molar-refractivity contribution in [2.75, 3.05) is 6.61 Å². The third-order valence-corrected chi connectivity index (χ3v) is 7.74. The van der Waals surface area contributed by atoms with Crippen LogP contribution in [0, 0.1) is 6.92 Å². The topological polar surface area (TPSA) is 253 Å². The van der Waals surface area contributed by atoms with Crippen LogP contribution in [0.5, 0.6) is 0 Å².